The lowest BCUT2D eigenvalue weighted by Crippen LogP contribution is -2.27. The second-order valence-corrected chi connectivity index (χ2v) is 7.79. The first-order valence-electron chi connectivity index (χ1n) is 10.2. The van der Waals surface area contributed by atoms with Crippen LogP contribution in [-0.2, 0) is 0 Å². The van der Waals surface area contributed by atoms with Crippen molar-refractivity contribution in [2.45, 2.75) is 51.8 Å². The fourth-order valence-corrected chi connectivity index (χ4v) is 3.36. The number of rotatable bonds is 7. The van der Waals surface area contributed by atoms with E-state index < -0.39 is 12.4 Å². The zero-order chi connectivity index (χ0) is 22.6. The van der Waals surface area contributed by atoms with Crippen LogP contribution in [0.1, 0.15) is 32.8 Å². The summed E-state index contributed by atoms with van der Waals surface area (Å²) in [4.78, 5) is 5.55. The van der Waals surface area contributed by atoms with Gasteiger partial charge in [-0.05, 0) is 74.9 Å². The Labute approximate surface area is 180 Å². The van der Waals surface area contributed by atoms with Gasteiger partial charge in [-0.3, -0.25) is 0 Å². The maximum absolute atomic E-state index is 12.5. The van der Waals surface area contributed by atoms with Gasteiger partial charge in [-0.1, -0.05) is 0 Å². The Hall–Kier alpha value is -2.74. The van der Waals surface area contributed by atoms with Crippen molar-refractivity contribution in [1.82, 2.24) is 0 Å². The first-order chi connectivity index (χ1) is 14.6. The van der Waals surface area contributed by atoms with Crippen molar-refractivity contribution in [2.75, 3.05) is 18.0 Å². The Balaban J connectivity index is 1.56. The molecule has 0 aliphatic carbocycles. The molecule has 2 aromatic carbocycles. The topological polar surface area (TPSA) is 54.3 Å². The number of nitrogens with zero attached hydrogens (tertiary/aromatic N) is 2. The Morgan fingerprint density at radius 1 is 1.06 bits per heavy atom. The average molecular weight is 436 g/mol. The molecule has 5 nitrogen and oxygen atoms in total. The van der Waals surface area contributed by atoms with Gasteiger partial charge in [-0.25, -0.2) is 4.99 Å². The third-order valence-electron chi connectivity index (χ3n) is 4.90. The van der Waals surface area contributed by atoms with Crippen molar-refractivity contribution in [3.63, 3.8) is 0 Å². The van der Waals surface area contributed by atoms with Gasteiger partial charge in [-0.15, -0.1) is 0 Å². The molecule has 1 aliphatic rings. The van der Waals surface area contributed by atoms with Crippen molar-refractivity contribution >= 4 is 11.4 Å². The van der Waals surface area contributed by atoms with Crippen LogP contribution in [-0.4, -0.2) is 48.5 Å². The number of hydrogen-bond donors (Lipinski definition) is 1. The predicted molar refractivity (Wildman–Crippen MR) is 114 cm³/mol. The lowest BCUT2D eigenvalue weighted by atomic mass is 10.1. The van der Waals surface area contributed by atoms with Crippen LogP contribution in [0, 0.1) is 0 Å². The van der Waals surface area contributed by atoms with Crippen LogP contribution in [0.15, 0.2) is 53.5 Å². The third-order valence-corrected chi connectivity index (χ3v) is 4.90. The lowest BCUT2D eigenvalue weighted by molar-refractivity contribution is -0.200. The smallest absolute Gasteiger partial charge is 0.435 e. The average Bonchev–Trinajstić information content (AvgIpc) is 3.16. The summed E-state index contributed by atoms with van der Waals surface area (Å²) in [6.07, 6.45) is -6.49. The minimum Gasteiger partial charge on any atom is -0.491 e. The molecular formula is C23H27F3N2O3. The van der Waals surface area contributed by atoms with Crippen molar-refractivity contribution in [1.29, 1.82) is 0 Å². The Kier molecular flexibility index (Phi) is 7.10. The highest BCUT2D eigenvalue weighted by molar-refractivity contribution is 5.98. The van der Waals surface area contributed by atoms with Crippen LogP contribution in [0.25, 0.3) is 0 Å². The molecule has 168 valence electrons. The summed E-state index contributed by atoms with van der Waals surface area (Å²) < 4.78 is 49.1. The summed E-state index contributed by atoms with van der Waals surface area (Å²) >= 11 is 0. The van der Waals surface area contributed by atoms with E-state index in [1.165, 1.54) is 6.92 Å². The number of aliphatic hydroxyl groups is 1. The monoisotopic (exact) mass is 436 g/mol. The summed E-state index contributed by atoms with van der Waals surface area (Å²) in [6, 6.07) is 14.7. The van der Waals surface area contributed by atoms with E-state index >= 15 is 0 Å². The fourth-order valence-electron chi connectivity index (χ4n) is 3.36. The summed E-state index contributed by atoms with van der Waals surface area (Å²) in [5.74, 6) is 1.48. The minimum absolute atomic E-state index is 0.0132. The van der Waals surface area contributed by atoms with E-state index in [9.17, 15) is 13.2 Å². The second kappa shape index (κ2) is 9.60. The number of alkyl halides is 3. The Bertz CT molecular complexity index is 880. The third kappa shape index (κ3) is 6.37. The van der Waals surface area contributed by atoms with Crippen molar-refractivity contribution in [3.8, 4) is 11.5 Å². The van der Waals surface area contributed by atoms with Crippen molar-refractivity contribution in [3.05, 3.63) is 54.1 Å². The van der Waals surface area contributed by atoms with E-state index in [1.54, 1.807) is 24.3 Å². The van der Waals surface area contributed by atoms with Gasteiger partial charge in [0.15, 0.2) is 0 Å². The molecule has 1 fully saturated rings. The SMILES string of the molecule is CC(=NC(O)C(F)(F)F)c1ccc(OC2CCN(c3ccc(OC(C)C)cc3)C2)cc1. The summed E-state index contributed by atoms with van der Waals surface area (Å²) in [6.45, 7) is 7.02. The van der Waals surface area contributed by atoms with Crippen molar-refractivity contribution < 1.29 is 27.8 Å². The van der Waals surface area contributed by atoms with Crippen LogP contribution in [0.4, 0.5) is 18.9 Å². The van der Waals surface area contributed by atoms with Gasteiger partial charge in [0.2, 0.25) is 6.23 Å². The molecule has 2 atom stereocenters. The maximum Gasteiger partial charge on any atom is 0.435 e. The highest BCUT2D eigenvalue weighted by Gasteiger charge is 2.38. The van der Waals surface area contributed by atoms with E-state index in [4.69, 9.17) is 14.6 Å². The van der Waals surface area contributed by atoms with Gasteiger partial charge >= 0.3 is 6.18 Å². The number of ether oxygens (including phenoxy) is 2. The molecule has 0 saturated carbocycles. The fraction of sp³-hybridized carbons (Fsp3) is 0.435. The molecule has 1 aliphatic heterocycles. The molecule has 8 heteroatoms. The van der Waals surface area contributed by atoms with E-state index in [2.05, 4.69) is 9.89 Å². The van der Waals surface area contributed by atoms with Crippen LogP contribution in [0.3, 0.4) is 0 Å². The molecule has 3 rings (SSSR count). The standard InChI is InChI=1S/C23H27F3N2O3/c1-15(2)30-19-10-6-18(7-11-19)28-13-12-21(14-28)31-20-8-4-17(5-9-20)16(3)27-22(29)23(24,25)26/h4-11,15,21-22,29H,12-14H2,1-3H3. The highest BCUT2D eigenvalue weighted by atomic mass is 19.4. The number of hydrogen-bond acceptors (Lipinski definition) is 5. The quantitative estimate of drug-likeness (QED) is 0.633. The summed E-state index contributed by atoms with van der Waals surface area (Å²) in [5.41, 5.74) is 1.70. The number of halogens is 3. The van der Waals surface area contributed by atoms with E-state index in [-0.39, 0.29) is 17.9 Å². The minimum atomic E-state index is -4.78. The number of aliphatic hydroxyl groups excluding tert-OH is 1. The predicted octanol–water partition coefficient (Wildman–Crippen LogP) is 4.82. The number of aliphatic imine (C=N–C) groups is 1. The van der Waals surface area contributed by atoms with Crippen LogP contribution >= 0.6 is 0 Å². The second-order valence-electron chi connectivity index (χ2n) is 7.79. The van der Waals surface area contributed by atoms with Crippen molar-refractivity contribution in [2.24, 2.45) is 4.99 Å². The molecule has 2 aromatic rings. The molecule has 31 heavy (non-hydrogen) atoms. The molecule has 0 amide bonds. The van der Waals surface area contributed by atoms with Gasteiger partial charge in [0.1, 0.15) is 17.6 Å². The van der Waals surface area contributed by atoms with Crippen LogP contribution < -0.4 is 14.4 Å². The Morgan fingerprint density at radius 2 is 1.68 bits per heavy atom. The number of benzene rings is 2. The highest BCUT2D eigenvalue weighted by Crippen LogP contribution is 2.26. The van der Waals surface area contributed by atoms with Gasteiger partial charge in [0.25, 0.3) is 0 Å². The molecular weight excluding hydrogens is 409 g/mol. The molecule has 1 heterocycles. The lowest BCUT2D eigenvalue weighted by Gasteiger charge is -2.20. The summed E-state index contributed by atoms with van der Waals surface area (Å²) in [7, 11) is 0. The molecule has 0 bridgehead atoms. The van der Waals surface area contributed by atoms with E-state index in [0.717, 1.165) is 30.9 Å². The largest absolute Gasteiger partial charge is 0.491 e. The molecule has 2 unspecified atom stereocenters. The first-order valence-corrected chi connectivity index (χ1v) is 10.2. The van der Waals surface area contributed by atoms with Crippen LogP contribution in [0.2, 0.25) is 0 Å². The first kappa shape index (κ1) is 22.9. The Morgan fingerprint density at radius 3 is 2.26 bits per heavy atom. The molecule has 0 spiro atoms. The van der Waals surface area contributed by atoms with E-state index in [0.29, 0.717) is 11.3 Å². The zero-order valence-corrected chi connectivity index (χ0v) is 17.8. The molecule has 1 N–H and O–H groups in total. The molecule has 0 radical (unpaired) electrons. The van der Waals surface area contributed by atoms with Gasteiger partial charge in [0.05, 0.1) is 12.6 Å². The normalized spacial score (nSPS) is 18.4. The van der Waals surface area contributed by atoms with E-state index in [1.807, 2.05) is 38.1 Å². The molecule has 0 aromatic heterocycles. The van der Waals surface area contributed by atoms with Gasteiger partial charge < -0.3 is 19.5 Å². The molecule has 1 saturated heterocycles. The maximum atomic E-state index is 12.5. The summed E-state index contributed by atoms with van der Waals surface area (Å²) in [5, 5.41) is 9.09. The number of anilines is 1. The van der Waals surface area contributed by atoms with Crippen LogP contribution in [0.5, 0.6) is 11.5 Å². The van der Waals surface area contributed by atoms with Gasteiger partial charge in [0, 0.05) is 24.4 Å². The zero-order valence-electron chi connectivity index (χ0n) is 17.8. The van der Waals surface area contributed by atoms with Gasteiger partial charge in [-0.2, -0.15) is 13.2 Å².